The van der Waals surface area contributed by atoms with Gasteiger partial charge in [-0.15, -0.1) is 0 Å². The van der Waals surface area contributed by atoms with Crippen LogP contribution in [0.25, 0.3) is 0 Å². The number of carbonyl (C=O) groups is 2. The Morgan fingerprint density at radius 1 is 1.06 bits per heavy atom. The standard InChI is InChI=1S/C27H33N3O5/c1-33-22-8-5-19(6-9-22)23(29-11-3-2-4-12-29)17-28-27(32)20-15-26(31)30(18-20)21-7-10-24-25(16-21)35-14-13-34-24/h5-10,16,20,23H,2-4,11-15,17-18H2,1H3,(H,28,32). The van der Waals surface area contributed by atoms with Gasteiger partial charge in [0.1, 0.15) is 19.0 Å². The molecule has 2 aromatic carbocycles. The topological polar surface area (TPSA) is 80.3 Å². The van der Waals surface area contributed by atoms with E-state index in [0.717, 1.165) is 30.1 Å². The van der Waals surface area contributed by atoms with Crippen molar-refractivity contribution >= 4 is 17.5 Å². The maximum absolute atomic E-state index is 13.1. The van der Waals surface area contributed by atoms with E-state index in [9.17, 15) is 9.59 Å². The Balaban J connectivity index is 1.24. The molecular formula is C27H33N3O5. The minimum absolute atomic E-state index is 0.0513. The zero-order valence-corrected chi connectivity index (χ0v) is 20.2. The van der Waals surface area contributed by atoms with E-state index < -0.39 is 0 Å². The Labute approximate surface area is 206 Å². The SMILES string of the molecule is COc1ccc(C(CNC(=O)C2CC(=O)N(c3ccc4c(c3)OCCO4)C2)N2CCCCC2)cc1. The van der Waals surface area contributed by atoms with E-state index in [1.165, 1.54) is 19.3 Å². The summed E-state index contributed by atoms with van der Waals surface area (Å²) in [5.41, 5.74) is 1.90. The molecule has 1 N–H and O–H groups in total. The number of amides is 2. The van der Waals surface area contributed by atoms with Crippen LogP contribution >= 0.6 is 0 Å². The first-order valence-electron chi connectivity index (χ1n) is 12.5. The highest BCUT2D eigenvalue weighted by Gasteiger charge is 2.36. The third kappa shape index (κ3) is 5.22. The summed E-state index contributed by atoms with van der Waals surface area (Å²) in [6, 6.07) is 13.7. The molecular weight excluding hydrogens is 446 g/mol. The first-order chi connectivity index (χ1) is 17.1. The van der Waals surface area contributed by atoms with Gasteiger partial charge in [0.05, 0.1) is 19.1 Å². The van der Waals surface area contributed by atoms with Gasteiger partial charge < -0.3 is 24.4 Å². The number of rotatable bonds is 7. The molecule has 35 heavy (non-hydrogen) atoms. The number of methoxy groups -OCH3 is 1. The molecule has 2 fully saturated rings. The van der Waals surface area contributed by atoms with Crippen molar-refractivity contribution in [2.24, 2.45) is 5.92 Å². The minimum Gasteiger partial charge on any atom is -0.497 e. The van der Waals surface area contributed by atoms with Gasteiger partial charge in [-0.1, -0.05) is 18.6 Å². The van der Waals surface area contributed by atoms with Crippen molar-refractivity contribution < 1.29 is 23.8 Å². The Morgan fingerprint density at radius 2 is 1.80 bits per heavy atom. The molecule has 3 aliphatic heterocycles. The van der Waals surface area contributed by atoms with Crippen molar-refractivity contribution in [3.05, 3.63) is 48.0 Å². The Kier molecular flexibility index (Phi) is 7.08. The van der Waals surface area contributed by atoms with Crippen LogP contribution in [0.2, 0.25) is 0 Å². The van der Waals surface area contributed by atoms with Crippen LogP contribution in [0.5, 0.6) is 17.2 Å². The summed E-state index contributed by atoms with van der Waals surface area (Å²) in [5.74, 6) is 1.63. The number of fused-ring (bicyclic) bond motifs is 1. The van der Waals surface area contributed by atoms with Crippen LogP contribution in [0.15, 0.2) is 42.5 Å². The third-order valence-electron chi connectivity index (χ3n) is 7.13. The lowest BCUT2D eigenvalue weighted by molar-refractivity contribution is -0.126. The Morgan fingerprint density at radius 3 is 2.54 bits per heavy atom. The third-order valence-corrected chi connectivity index (χ3v) is 7.13. The van der Waals surface area contributed by atoms with E-state index in [-0.39, 0.29) is 30.2 Å². The number of anilines is 1. The molecule has 2 atom stereocenters. The number of hydrogen-bond acceptors (Lipinski definition) is 6. The van der Waals surface area contributed by atoms with Crippen molar-refractivity contribution in [2.75, 3.05) is 51.4 Å². The van der Waals surface area contributed by atoms with E-state index in [1.54, 1.807) is 12.0 Å². The van der Waals surface area contributed by atoms with Gasteiger partial charge in [0.15, 0.2) is 11.5 Å². The van der Waals surface area contributed by atoms with Crippen LogP contribution in [-0.4, -0.2) is 63.2 Å². The predicted molar refractivity (Wildman–Crippen MR) is 132 cm³/mol. The molecule has 0 radical (unpaired) electrons. The van der Waals surface area contributed by atoms with Gasteiger partial charge in [0.2, 0.25) is 11.8 Å². The normalized spacial score (nSPS) is 21.0. The summed E-state index contributed by atoms with van der Waals surface area (Å²) < 4.78 is 16.5. The van der Waals surface area contributed by atoms with E-state index in [1.807, 2.05) is 30.3 Å². The van der Waals surface area contributed by atoms with Crippen molar-refractivity contribution in [3.63, 3.8) is 0 Å². The average molecular weight is 480 g/mol. The van der Waals surface area contributed by atoms with Gasteiger partial charge in [-0.05, 0) is 55.8 Å². The summed E-state index contributed by atoms with van der Waals surface area (Å²) in [7, 11) is 1.66. The minimum atomic E-state index is -0.381. The van der Waals surface area contributed by atoms with Crippen LogP contribution in [0.1, 0.15) is 37.3 Å². The number of piperidine rings is 1. The van der Waals surface area contributed by atoms with Crippen molar-refractivity contribution in [1.29, 1.82) is 0 Å². The van der Waals surface area contributed by atoms with Crippen LogP contribution in [0.3, 0.4) is 0 Å². The highest BCUT2D eigenvalue weighted by molar-refractivity contribution is 6.00. The second kappa shape index (κ2) is 10.6. The molecule has 2 aromatic rings. The summed E-state index contributed by atoms with van der Waals surface area (Å²) in [5, 5.41) is 3.16. The predicted octanol–water partition coefficient (Wildman–Crippen LogP) is 3.16. The van der Waals surface area contributed by atoms with Gasteiger partial charge in [-0.2, -0.15) is 0 Å². The Bertz CT molecular complexity index is 1050. The largest absolute Gasteiger partial charge is 0.497 e. The van der Waals surface area contributed by atoms with E-state index in [0.29, 0.717) is 37.8 Å². The fourth-order valence-electron chi connectivity index (χ4n) is 5.19. The molecule has 186 valence electrons. The fourth-order valence-corrected chi connectivity index (χ4v) is 5.19. The van der Waals surface area contributed by atoms with E-state index in [2.05, 4.69) is 22.3 Å². The van der Waals surface area contributed by atoms with E-state index in [4.69, 9.17) is 14.2 Å². The highest BCUT2D eigenvalue weighted by atomic mass is 16.6. The lowest BCUT2D eigenvalue weighted by Gasteiger charge is -2.35. The summed E-state index contributed by atoms with van der Waals surface area (Å²) in [6.45, 7) is 3.92. The molecule has 2 saturated heterocycles. The van der Waals surface area contributed by atoms with Gasteiger partial charge in [-0.3, -0.25) is 14.5 Å². The van der Waals surface area contributed by atoms with Crippen LogP contribution in [-0.2, 0) is 9.59 Å². The molecule has 0 spiro atoms. The number of carbonyl (C=O) groups excluding carboxylic acids is 2. The monoisotopic (exact) mass is 479 g/mol. The van der Waals surface area contributed by atoms with Crippen LogP contribution < -0.4 is 24.4 Å². The van der Waals surface area contributed by atoms with Crippen molar-refractivity contribution in [2.45, 2.75) is 31.7 Å². The summed E-state index contributed by atoms with van der Waals surface area (Å²) >= 11 is 0. The fraction of sp³-hybridized carbons (Fsp3) is 0.481. The average Bonchev–Trinajstić information content (AvgIpc) is 3.31. The zero-order valence-electron chi connectivity index (χ0n) is 20.2. The Hall–Kier alpha value is -3.26. The highest BCUT2D eigenvalue weighted by Crippen LogP contribution is 2.36. The smallest absolute Gasteiger partial charge is 0.227 e. The van der Waals surface area contributed by atoms with Crippen LogP contribution in [0, 0.1) is 5.92 Å². The van der Waals surface area contributed by atoms with Gasteiger partial charge >= 0.3 is 0 Å². The number of nitrogens with zero attached hydrogens (tertiary/aromatic N) is 2. The molecule has 0 aliphatic carbocycles. The first kappa shape index (κ1) is 23.5. The molecule has 0 saturated carbocycles. The van der Waals surface area contributed by atoms with Crippen molar-refractivity contribution in [1.82, 2.24) is 10.2 Å². The van der Waals surface area contributed by atoms with Crippen molar-refractivity contribution in [3.8, 4) is 17.2 Å². The number of ether oxygens (including phenoxy) is 3. The lowest BCUT2D eigenvalue weighted by Crippen LogP contribution is -2.42. The lowest BCUT2D eigenvalue weighted by atomic mass is 10.0. The van der Waals surface area contributed by atoms with E-state index >= 15 is 0 Å². The second-order valence-corrected chi connectivity index (χ2v) is 9.36. The maximum Gasteiger partial charge on any atom is 0.227 e. The van der Waals surface area contributed by atoms with Gasteiger partial charge in [0, 0.05) is 31.3 Å². The molecule has 2 amide bonds. The molecule has 0 bridgehead atoms. The number of likely N-dealkylation sites (tertiary alicyclic amines) is 1. The van der Waals surface area contributed by atoms with Gasteiger partial charge in [0.25, 0.3) is 0 Å². The van der Waals surface area contributed by atoms with Gasteiger partial charge in [-0.25, -0.2) is 0 Å². The molecule has 0 aromatic heterocycles. The molecule has 8 heteroatoms. The first-order valence-corrected chi connectivity index (χ1v) is 12.5. The summed E-state index contributed by atoms with van der Waals surface area (Å²) in [4.78, 5) is 30.1. The second-order valence-electron chi connectivity index (χ2n) is 9.36. The number of benzene rings is 2. The molecule has 8 nitrogen and oxygen atoms in total. The maximum atomic E-state index is 13.1. The summed E-state index contributed by atoms with van der Waals surface area (Å²) in [6.07, 6.45) is 3.79. The molecule has 2 unspecified atom stereocenters. The number of nitrogens with one attached hydrogen (secondary N) is 1. The number of hydrogen-bond donors (Lipinski definition) is 1. The zero-order chi connectivity index (χ0) is 24.2. The van der Waals surface area contributed by atoms with Crippen LogP contribution in [0.4, 0.5) is 5.69 Å². The quantitative estimate of drug-likeness (QED) is 0.657. The molecule has 3 heterocycles. The molecule has 5 rings (SSSR count). The molecule has 3 aliphatic rings.